The standard InChI is InChI=1S/C23H22ClNO4/c1-2-27-15-9-7-14(8-10-15)25-12-19-21-18(11-20(24)22(19)28-13-25)16-5-3-4-6-17(16)23(26)29-21/h7-11H,2-6,12-13H2,1H3. The zero-order valence-corrected chi connectivity index (χ0v) is 17.1. The van der Waals surface area contributed by atoms with Crippen LogP contribution in [-0.4, -0.2) is 13.3 Å². The number of hydrogen-bond donors (Lipinski definition) is 0. The molecule has 0 saturated carbocycles. The maximum atomic E-state index is 12.6. The zero-order valence-electron chi connectivity index (χ0n) is 16.3. The first-order valence-corrected chi connectivity index (χ1v) is 10.4. The summed E-state index contributed by atoms with van der Waals surface area (Å²) in [5, 5.41) is 1.51. The van der Waals surface area contributed by atoms with Crippen molar-refractivity contribution in [3.05, 3.63) is 62.5 Å². The van der Waals surface area contributed by atoms with Crippen molar-refractivity contribution in [1.29, 1.82) is 0 Å². The highest BCUT2D eigenvalue weighted by atomic mass is 35.5. The summed E-state index contributed by atoms with van der Waals surface area (Å²) >= 11 is 6.57. The van der Waals surface area contributed by atoms with Gasteiger partial charge in [-0.2, -0.15) is 0 Å². The number of benzene rings is 2. The first kappa shape index (κ1) is 18.4. The van der Waals surface area contributed by atoms with Gasteiger partial charge in [0, 0.05) is 16.6 Å². The van der Waals surface area contributed by atoms with Crippen LogP contribution in [-0.2, 0) is 19.4 Å². The number of aryl methyl sites for hydroxylation is 1. The van der Waals surface area contributed by atoms with E-state index in [1.54, 1.807) is 0 Å². The molecule has 5 rings (SSSR count). The Bertz CT molecular complexity index is 1140. The smallest absolute Gasteiger partial charge is 0.339 e. The second-order valence-electron chi connectivity index (χ2n) is 7.49. The van der Waals surface area contributed by atoms with Crippen molar-refractivity contribution < 1.29 is 13.9 Å². The van der Waals surface area contributed by atoms with E-state index in [4.69, 9.17) is 25.5 Å². The molecule has 29 heavy (non-hydrogen) atoms. The van der Waals surface area contributed by atoms with Gasteiger partial charge in [-0.25, -0.2) is 4.79 Å². The van der Waals surface area contributed by atoms with Gasteiger partial charge < -0.3 is 18.8 Å². The molecule has 0 unspecified atom stereocenters. The van der Waals surface area contributed by atoms with Crippen LogP contribution < -0.4 is 20.0 Å². The Morgan fingerprint density at radius 1 is 1.10 bits per heavy atom. The van der Waals surface area contributed by atoms with Gasteiger partial charge in [0.05, 0.1) is 23.7 Å². The van der Waals surface area contributed by atoms with Crippen LogP contribution in [0.5, 0.6) is 11.5 Å². The van der Waals surface area contributed by atoms with Crippen molar-refractivity contribution in [2.24, 2.45) is 0 Å². The van der Waals surface area contributed by atoms with Crippen molar-refractivity contribution in [1.82, 2.24) is 0 Å². The van der Waals surface area contributed by atoms with Crippen LogP contribution in [0.25, 0.3) is 11.0 Å². The fraction of sp³-hybridized carbons (Fsp3) is 0.348. The maximum Gasteiger partial charge on any atom is 0.339 e. The van der Waals surface area contributed by atoms with Crippen LogP contribution in [0.15, 0.2) is 39.5 Å². The Hall–Kier alpha value is -2.66. The molecule has 5 nitrogen and oxygen atoms in total. The highest BCUT2D eigenvalue weighted by Crippen LogP contribution is 2.41. The highest BCUT2D eigenvalue weighted by molar-refractivity contribution is 6.33. The number of nitrogens with zero attached hydrogens (tertiary/aromatic N) is 1. The van der Waals surface area contributed by atoms with E-state index in [2.05, 4.69) is 4.90 Å². The summed E-state index contributed by atoms with van der Waals surface area (Å²) in [6.45, 7) is 3.53. The van der Waals surface area contributed by atoms with Gasteiger partial charge in [-0.15, -0.1) is 0 Å². The van der Waals surface area contributed by atoms with Crippen LogP contribution in [0, 0.1) is 0 Å². The molecule has 0 fully saturated rings. The van der Waals surface area contributed by atoms with E-state index in [0.717, 1.165) is 59.2 Å². The van der Waals surface area contributed by atoms with Gasteiger partial charge in [-0.05, 0) is 68.5 Å². The molecule has 2 aromatic carbocycles. The predicted molar refractivity (Wildman–Crippen MR) is 113 cm³/mol. The summed E-state index contributed by atoms with van der Waals surface area (Å²) in [6.07, 6.45) is 3.76. The molecule has 0 radical (unpaired) electrons. The molecular weight excluding hydrogens is 390 g/mol. The van der Waals surface area contributed by atoms with Crippen LogP contribution in [0.4, 0.5) is 5.69 Å². The Labute approximate surface area is 173 Å². The lowest BCUT2D eigenvalue weighted by molar-refractivity contribution is 0.289. The molecule has 2 aliphatic rings. The topological polar surface area (TPSA) is 51.9 Å². The van der Waals surface area contributed by atoms with Gasteiger partial charge >= 0.3 is 5.63 Å². The quantitative estimate of drug-likeness (QED) is 0.562. The third kappa shape index (κ3) is 3.14. The SMILES string of the molecule is CCOc1ccc(N2COc3c(Cl)cc4c5c(c(=O)oc4c3C2)CCCC5)cc1. The summed E-state index contributed by atoms with van der Waals surface area (Å²) < 4.78 is 17.3. The molecule has 1 aliphatic heterocycles. The molecule has 0 bridgehead atoms. The lowest BCUT2D eigenvalue weighted by Gasteiger charge is -2.32. The van der Waals surface area contributed by atoms with Crippen molar-refractivity contribution in [3.8, 4) is 11.5 Å². The van der Waals surface area contributed by atoms with E-state index in [1.807, 2.05) is 37.3 Å². The summed E-state index contributed by atoms with van der Waals surface area (Å²) in [7, 11) is 0. The number of ether oxygens (including phenoxy) is 2. The number of anilines is 1. The van der Waals surface area contributed by atoms with Gasteiger partial charge in [0.15, 0.2) is 6.73 Å². The molecule has 0 atom stereocenters. The minimum Gasteiger partial charge on any atom is -0.494 e. The van der Waals surface area contributed by atoms with Gasteiger partial charge in [0.25, 0.3) is 0 Å². The van der Waals surface area contributed by atoms with E-state index in [0.29, 0.717) is 36.2 Å². The average Bonchev–Trinajstić information content (AvgIpc) is 2.75. The van der Waals surface area contributed by atoms with Crippen molar-refractivity contribution in [2.45, 2.75) is 39.2 Å². The fourth-order valence-corrected chi connectivity index (χ4v) is 4.63. The van der Waals surface area contributed by atoms with Gasteiger partial charge in [-0.3, -0.25) is 0 Å². The summed E-state index contributed by atoms with van der Waals surface area (Å²) in [6, 6.07) is 9.80. The minimum absolute atomic E-state index is 0.227. The van der Waals surface area contributed by atoms with Crippen molar-refractivity contribution >= 4 is 28.3 Å². The first-order chi connectivity index (χ1) is 14.2. The third-order valence-corrected chi connectivity index (χ3v) is 6.02. The lowest BCUT2D eigenvalue weighted by atomic mass is 9.90. The van der Waals surface area contributed by atoms with Crippen LogP contribution in [0.1, 0.15) is 36.5 Å². The number of fused-ring (bicyclic) bond motifs is 5. The normalized spacial score (nSPS) is 15.6. The largest absolute Gasteiger partial charge is 0.494 e. The molecule has 1 aromatic heterocycles. The fourth-order valence-electron chi connectivity index (χ4n) is 4.35. The van der Waals surface area contributed by atoms with Gasteiger partial charge in [0.1, 0.15) is 17.1 Å². The van der Waals surface area contributed by atoms with Gasteiger partial charge in [-0.1, -0.05) is 11.6 Å². The van der Waals surface area contributed by atoms with Crippen LogP contribution in [0.3, 0.4) is 0 Å². The molecule has 2 heterocycles. The molecule has 0 N–H and O–H groups in total. The zero-order chi connectivity index (χ0) is 20.0. The molecule has 1 aliphatic carbocycles. The van der Waals surface area contributed by atoms with Crippen LogP contribution >= 0.6 is 11.6 Å². The highest BCUT2D eigenvalue weighted by Gasteiger charge is 2.27. The summed E-state index contributed by atoms with van der Waals surface area (Å²) in [5.41, 5.74) is 4.11. The summed E-state index contributed by atoms with van der Waals surface area (Å²) in [5.74, 6) is 1.45. The third-order valence-electron chi connectivity index (χ3n) is 5.74. The van der Waals surface area contributed by atoms with E-state index in [1.165, 1.54) is 0 Å². The molecule has 6 heteroatoms. The molecular formula is C23H22ClNO4. The number of rotatable bonds is 3. The van der Waals surface area contributed by atoms with E-state index in [9.17, 15) is 4.79 Å². The molecule has 3 aromatic rings. The Kier molecular flexibility index (Phi) is 4.63. The number of halogens is 1. The van der Waals surface area contributed by atoms with E-state index < -0.39 is 0 Å². The van der Waals surface area contributed by atoms with Crippen molar-refractivity contribution in [3.63, 3.8) is 0 Å². The maximum absolute atomic E-state index is 12.6. The summed E-state index contributed by atoms with van der Waals surface area (Å²) in [4.78, 5) is 14.7. The van der Waals surface area contributed by atoms with E-state index in [-0.39, 0.29) is 5.63 Å². The molecule has 0 spiro atoms. The average molecular weight is 412 g/mol. The van der Waals surface area contributed by atoms with Crippen molar-refractivity contribution in [2.75, 3.05) is 18.2 Å². The first-order valence-electron chi connectivity index (χ1n) is 10.1. The van der Waals surface area contributed by atoms with Crippen LogP contribution in [0.2, 0.25) is 5.02 Å². The number of hydrogen-bond acceptors (Lipinski definition) is 5. The van der Waals surface area contributed by atoms with Gasteiger partial charge in [0.2, 0.25) is 0 Å². The van der Waals surface area contributed by atoms with E-state index >= 15 is 0 Å². The molecule has 0 saturated heterocycles. The lowest BCUT2D eigenvalue weighted by Crippen LogP contribution is -2.32. The Morgan fingerprint density at radius 3 is 2.62 bits per heavy atom. The Balaban J connectivity index is 1.59. The Morgan fingerprint density at radius 2 is 1.86 bits per heavy atom. The minimum atomic E-state index is -0.227. The molecule has 0 amide bonds. The second-order valence-corrected chi connectivity index (χ2v) is 7.90. The predicted octanol–water partition coefficient (Wildman–Crippen LogP) is 5.08. The second kappa shape index (κ2) is 7.30. The monoisotopic (exact) mass is 411 g/mol. The molecule has 150 valence electrons.